The minimum Gasteiger partial charge on any atom is -0.491 e. The predicted molar refractivity (Wildman–Crippen MR) is 97.5 cm³/mol. The monoisotopic (exact) mass is 327 g/mol. The number of nitrogen functional groups attached to an aromatic ring is 1. The summed E-state index contributed by atoms with van der Waals surface area (Å²) in [5.74, 6) is 0.733. The highest BCUT2D eigenvalue weighted by Gasteiger charge is 2.19. The molecule has 2 aromatic carbocycles. The molecule has 1 fully saturated rings. The molecule has 0 aromatic heterocycles. The maximum Gasteiger partial charge on any atom is 0.119 e. The van der Waals surface area contributed by atoms with Crippen LogP contribution >= 0.6 is 0 Å². The molecule has 5 nitrogen and oxygen atoms in total. The SMILES string of the molecule is Nc1ccc(OC[C@H](O)CN2CCN(c3ccccc3)CC2)cc1. The van der Waals surface area contributed by atoms with E-state index in [2.05, 4.69) is 34.1 Å². The van der Waals surface area contributed by atoms with Gasteiger partial charge < -0.3 is 20.5 Å². The average Bonchev–Trinajstić information content (AvgIpc) is 2.63. The highest BCUT2D eigenvalue weighted by atomic mass is 16.5. The van der Waals surface area contributed by atoms with E-state index in [1.807, 2.05) is 18.2 Å². The summed E-state index contributed by atoms with van der Waals surface area (Å²) in [6.07, 6.45) is -0.495. The molecule has 5 heteroatoms. The van der Waals surface area contributed by atoms with Crippen molar-refractivity contribution in [2.45, 2.75) is 6.10 Å². The second-order valence-electron chi connectivity index (χ2n) is 6.16. The summed E-state index contributed by atoms with van der Waals surface area (Å²) in [6, 6.07) is 17.7. The lowest BCUT2D eigenvalue weighted by molar-refractivity contribution is 0.0663. The van der Waals surface area contributed by atoms with Gasteiger partial charge in [-0.1, -0.05) is 18.2 Å². The molecule has 3 N–H and O–H groups in total. The molecule has 1 heterocycles. The molecule has 0 bridgehead atoms. The van der Waals surface area contributed by atoms with Crippen molar-refractivity contribution in [3.05, 3.63) is 54.6 Å². The van der Waals surface area contributed by atoms with Crippen LogP contribution in [0.3, 0.4) is 0 Å². The van der Waals surface area contributed by atoms with Gasteiger partial charge in [0.15, 0.2) is 0 Å². The summed E-state index contributed by atoms with van der Waals surface area (Å²) in [5, 5.41) is 10.2. The lowest BCUT2D eigenvalue weighted by Crippen LogP contribution is -2.49. The van der Waals surface area contributed by atoms with E-state index in [4.69, 9.17) is 10.5 Å². The Morgan fingerprint density at radius 1 is 0.958 bits per heavy atom. The van der Waals surface area contributed by atoms with Crippen molar-refractivity contribution in [3.8, 4) is 5.75 Å². The van der Waals surface area contributed by atoms with E-state index in [1.54, 1.807) is 12.1 Å². The Balaban J connectivity index is 1.40. The Bertz CT molecular complexity index is 610. The summed E-state index contributed by atoms with van der Waals surface area (Å²) < 4.78 is 5.61. The van der Waals surface area contributed by atoms with Crippen molar-refractivity contribution in [1.29, 1.82) is 0 Å². The number of β-amino-alcohol motifs (C(OH)–C–C–N with tert-alkyl or cyclic N) is 1. The topological polar surface area (TPSA) is 62.0 Å². The molecule has 0 unspecified atom stereocenters. The zero-order chi connectivity index (χ0) is 16.8. The van der Waals surface area contributed by atoms with Crippen LogP contribution in [0, 0.1) is 0 Å². The molecule has 128 valence electrons. The van der Waals surface area contributed by atoms with Crippen LogP contribution in [0.2, 0.25) is 0 Å². The van der Waals surface area contributed by atoms with Crippen LogP contribution in [0.15, 0.2) is 54.6 Å². The van der Waals surface area contributed by atoms with Crippen LogP contribution in [0.25, 0.3) is 0 Å². The van der Waals surface area contributed by atoms with Crippen LogP contribution in [-0.4, -0.2) is 55.4 Å². The highest BCUT2D eigenvalue weighted by Crippen LogP contribution is 2.16. The largest absolute Gasteiger partial charge is 0.491 e. The third kappa shape index (κ3) is 4.63. The van der Waals surface area contributed by atoms with E-state index >= 15 is 0 Å². The predicted octanol–water partition coefficient (Wildman–Crippen LogP) is 1.83. The first-order chi connectivity index (χ1) is 11.7. The maximum atomic E-state index is 10.2. The summed E-state index contributed by atoms with van der Waals surface area (Å²) in [4.78, 5) is 4.67. The fourth-order valence-electron chi connectivity index (χ4n) is 2.93. The molecule has 1 atom stereocenters. The van der Waals surface area contributed by atoms with Gasteiger partial charge in [0.25, 0.3) is 0 Å². The summed E-state index contributed by atoms with van der Waals surface area (Å²) in [7, 11) is 0. The fraction of sp³-hybridized carbons (Fsp3) is 0.368. The molecule has 0 spiro atoms. The standard InChI is InChI=1S/C19H25N3O2/c20-16-6-8-19(9-7-16)24-15-18(23)14-21-10-12-22(13-11-21)17-4-2-1-3-5-17/h1-9,18,23H,10-15,20H2/t18-/m1/s1. The summed E-state index contributed by atoms with van der Waals surface area (Å²) in [5.41, 5.74) is 7.62. The molecular formula is C19H25N3O2. The maximum absolute atomic E-state index is 10.2. The second-order valence-corrected chi connectivity index (χ2v) is 6.16. The normalized spacial score (nSPS) is 16.8. The van der Waals surface area contributed by atoms with Crippen molar-refractivity contribution < 1.29 is 9.84 Å². The number of hydrogen-bond donors (Lipinski definition) is 2. The number of aliphatic hydroxyl groups excluding tert-OH is 1. The number of rotatable bonds is 6. The number of piperazine rings is 1. The minimum absolute atomic E-state index is 0.294. The van der Waals surface area contributed by atoms with Crippen LogP contribution in [0.1, 0.15) is 0 Å². The van der Waals surface area contributed by atoms with Gasteiger partial charge in [-0.3, -0.25) is 4.90 Å². The van der Waals surface area contributed by atoms with Crippen LogP contribution < -0.4 is 15.4 Å². The Morgan fingerprint density at radius 2 is 1.62 bits per heavy atom. The molecule has 0 amide bonds. The van der Waals surface area contributed by atoms with Gasteiger partial charge in [0.1, 0.15) is 18.5 Å². The molecule has 1 aliphatic heterocycles. The van der Waals surface area contributed by atoms with Crippen LogP contribution in [0.5, 0.6) is 5.75 Å². The average molecular weight is 327 g/mol. The van der Waals surface area contributed by atoms with Crippen molar-refractivity contribution in [2.24, 2.45) is 0 Å². The lowest BCUT2D eigenvalue weighted by Gasteiger charge is -2.36. The molecule has 2 aromatic rings. The Hall–Kier alpha value is -2.24. The highest BCUT2D eigenvalue weighted by molar-refractivity contribution is 5.46. The van der Waals surface area contributed by atoms with Gasteiger partial charge in [-0.05, 0) is 36.4 Å². The third-order valence-electron chi connectivity index (χ3n) is 4.29. The van der Waals surface area contributed by atoms with Crippen molar-refractivity contribution in [1.82, 2.24) is 4.90 Å². The van der Waals surface area contributed by atoms with Crippen molar-refractivity contribution in [2.75, 3.05) is 50.0 Å². The van der Waals surface area contributed by atoms with E-state index in [1.165, 1.54) is 5.69 Å². The van der Waals surface area contributed by atoms with Gasteiger partial charge in [0, 0.05) is 44.1 Å². The Morgan fingerprint density at radius 3 is 2.29 bits per heavy atom. The van der Waals surface area contributed by atoms with Gasteiger partial charge in [0.2, 0.25) is 0 Å². The van der Waals surface area contributed by atoms with Crippen molar-refractivity contribution >= 4 is 11.4 Å². The number of benzene rings is 2. The van der Waals surface area contributed by atoms with Gasteiger partial charge in [-0.25, -0.2) is 0 Å². The fourth-order valence-corrected chi connectivity index (χ4v) is 2.93. The number of aliphatic hydroxyl groups is 1. The van der Waals surface area contributed by atoms with E-state index in [0.717, 1.165) is 31.9 Å². The van der Waals surface area contributed by atoms with Gasteiger partial charge in [0.05, 0.1) is 0 Å². The first kappa shape index (κ1) is 16.6. The minimum atomic E-state index is -0.495. The number of nitrogens with zero attached hydrogens (tertiary/aromatic N) is 2. The zero-order valence-electron chi connectivity index (χ0n) is 13.8. The van der Waals surface area contributed by atoms with E-state index < -0.39 is 6.10 Å². The number of para-hydroxylation sites is 1. The smallest absolute Gasteiger partial charge is 0.119 e. The van der Waals surface area contributed by atoms with Crippen molar-refractivity contribution in [3.63, 3.8) is 0 Å². The molecule has 1 aliphatic rings. The van der Waals surface area contributed by atoms with Crippen LogP contribution in [0.4, 0.5) is 11.4 Å². The third-order valence-corrected chi connectivity index (χ3v) is 4.29. The van der Waals surface area contributed by atoms with E-state index in [0.29, 0.717) is 18.8 Å². The zero-order valence-corrected chi connectivity index (χ0v) is 13.8. The number of hydrogen-bond acceptors (Lipinski definition) is 5. The molecule has 24 heavy (non-hydrogen) atoms. The molecule has 0 radical (unpaired) electrons. The Labute approximate surface area is 143 Å². The number of nitrogens with two attached hydrogens (primary N) is 1. The quantitative estimate of drug-likeness (QED) is 0.793. The second kappa shape index (κ2) is 8.04. The van der Waals surface area contributed by atoms with Crippen LogP contribution in [-0.2, 0) is 0 Å². The van der Waals surface area contributed by atoms with Gasteiger partial charge in [-0.2, -0.15) is 0 Å². The first-order valence-electron chi connectivity index (χ1n) is 8.39. The Kier molecular flexibility index (Phi) is 5.56. The lowest BCUT2D eigenvalue weighted by atomic mass is 10.2. The first-order valence-corrected chi connectivity index (χ1v) is 8.39. The van der Waals surface area contributed by atoms with E-state index in [-0.39, 0.29) is 0 Å². The molecule has 3 rings (SSSR count). The van der Waals surface area contributed by atoms with Gasteiger partial charge >= 0.3 is 0 Å². The summed E-state index contributed by atoms with van der Waals surface area (Å²) in [6.45, 7) is 4.80. The molecule has 1 saturated heterocycles. The number of ether oxygens (including phenoxy) is 1. The molecule has 0 aliphatic carbocycles. The summed E-state index contributed by atoms with van der Waals surface area (Å²) >= 11 is 0. The van der Waals surface area contributed by atoms with Gasteiger partial charge in [-0.15, -0.1) is 0 Å². The van der Waals surface area contributed by atoms with E-state index in [9.17, 15) is 5.11 Å². The molecule has 0 saturated carbocycles. The number of anilines is 2. The molecular weight excluding hydrogens is 302 g/mol.